The number of para-hydroxylation sites is 1. The third kappa shape index (κ3) is 5.74. The van der Waals surface area contributed by atoms with E-state index in [9.17, 15) is 14.0 Å². The number of hydrogen-bond donors (Lipinski definition) is 2. The minimum atomic E-state index is -0.565. The average molecular weight is 379 g/mol. The van der Waals surface area contributed by atoms with E-state index in [-0.39, 0.29) is 23.3 Å². The van der Waals surface area contributed by atoms with Crippen molar-refractivity contribution < 1.29 is 18.7 Å². The Morgan fingerprint density at radius 2 is 1.92 bits per heavy atom. The van der Waals surface area contributed by atoms with Crippen LogP contribution in [0.2, 0.25) is 5.02 Å². The average Bonchev–Trinajstić information content (AvgIpc) is 2.61. The van der Waals surface area contributed by atoms with Gasteiger partial charge in [0.05, 0.1) is 16.3 Å². The van der Waals surface area contributed by atoms with Crippen LogP contribution in [0.25, 0.3) is 0 Å². The molecular formula is C19H20ClFN2O3. The molecule has 0 saturated heterocycles. The van der Waals surface area contributed by atoms with Crippen LogP contribution in [0.4, 0.5) is 10.1 Å². The van der Waals surface area contributed by atoms with Gasteiger partial charge in [-0.1, -0.05) is 37.6 Å². The molecule has 5 nitrogen and oxygen atoms in total. The summed E-state index contributed by atoms with van der Waals surface area (Å²) in [5.41, 5.74) is 0.755. The van der Waals surface area contributed by atoms with E-state index in [1.54, 1.807) is 24.3 Å². The third-order valence-corrected chi connectivity index (χ3v) is 3.67. The highest BCUT2D eigenvalue weighted by Gasteiger charge is 2.13. The van der Waals surface area contributed by atoms with Gasteiger partial charge >= 0.3 is 0 Å². The Bertz CT molecular complexity index is 796. The van der Waals surface area contributed by atoms with Gasteiger partial charge in [0, 0.05) is 12.6 Å². The second-order valence-corrected chi connectivity index (χ2v) is 6.47. The fourth-order valence-electron chi connectivity index (χ4n) is 2.08. The molecule has 0 unspecified atom stereocenters. The summed E-state index contributed by atoms with van der Waals surface area (Å²) in [6.07, 6.45) is 0. The Balaban J connectivity index is 1.98. The molecule has 2 aromatic rings. The summed E-state index contributed by atoms with van der Waals surface area (Å²) in [5, 5.41) is 5.37. The maximum Gasteiger partial charge on any atom is 0.262 e. The first-order chi connectivity index (χ1) is 12.4. The number of hydrogen-bond acceptors (Lipinski definition) is 3. The second-order valence-electron chi connectivity index (χ2n) is 6.06. The molecule has 2 N–H and O–H groups in total. The maximum absolute atomic E-state index is 13.1. The van der Waals surface area contributed by atoms with E-state index in [2.05, 4.69) is 10.6 Å². The van der Waals surface area contributed by atoms with E-state index in [0.29, 0.717) is 23.7 Å². The van der Waals surface area contributed by atoms with Gasteiger partial charge in [-0.15, -0.1) is 0 Å². The summed E-state index contributed by atoms with van der Waals surface area (Å²) in [4.78, 5) is 24.4. The Morgan fingerprint density at radius 3 is 2.62 bits per heavy atom. The normalized spacial score (nSPS) is 10.5. The molecule has 0 atom stereocenters. The predicted octanol–water partition coefficient (Wildman–Crippen LogP) is 3.88. The number of nitrogens with one attached hydrogen (secondary N) is 2. The van der Waals surface area contributed by atoms with Gasteiger partial charge in [0.1, 0.15) is 11.6 Å². The molecule has 2 rings (SSSR count). The summed E-state index contributed by atoms with van der Waals surface area (Å²) in [5.74, 6) is -0.689. The first-order valence-electron chi connectivity index (χ1n) is 8.11. The van der Waals surface area contributed by atoms with Gasteiger partial charge in [0.2, 0.25) is 0 Å². The van der Waals surface area contributed by atoms with Crippen LogP contribution in [0.15, 0.2) is 42.5 Å². The van der Waals surface area contributed by atoms with Crippen molar-refractivity contribution in [3.05, 3.63) is 58.9 Å². The molecule has 0 aliphatic heterocycles. The van der Waals surface area contributed by atoms with Crippen LogP contribution in [0, 0.1) is 11.7 Å². The van der Waals surface area contributed by atoms with Gasteiger partial charge in [0.15, 0.2) is 6.61 Å². The highest BCUT2D eigenvalue weighted by atomic mass is 35.5. The molecule has 0 radical (unpaired) electrons. The van der Waals surface area contributed by atoms with Gasteiger partial charge < -0.3 is 15.4 Å². The van der Waals surface area contributed by atoms with Crippen LogP contribution >= 0.6 is 11.6 Å². The number of carbonyl (C=O) groups excluding carboxylic acids is 2. The van der Waals surface area contributed by atoms with Crippen LogP contribution < -0.4 is 15.4 Å². The van der Waals surface area contributed by atoms with Crippen molar-refractivity contribution in [3.8, 4) is 5.75 Å². The van der Waals surface area contributed by atoms with Crippen LogP contribution in [0.1, 0.15) is 24.2 Å². The largest absolute Gasteiger partial charge is 0.484 e. The van der Waals surface area contributed by atoms with Crippen LogP contribution in [0.3, 0.4) is 0 Å². The van der Waals surface area contributed by atoms with Gasteiger partial charge in [0.25, 0.3) is 11.8 Å². The number of halogens is 2. The topological polar surface area (TPSA) is 67.4 Å². The predicted molar refractivity (Wildman–Crippen MR) is 99.1 cm³/mol. The molecule has 0 heterocycles. The van der Waals surface area contributed by atoms with Crippen molar-refractivity contribution in [2.24, 2.45) is 5.92 Å². The smallest absolute Gasteiger partial charge is 0.262 e. The Kier molecular flexibility index (Phi) is 6.97. The lowest BCUT2D eigenvalue weighted by Crippen LogP contribution is -2.29. The van der Waals surface area contributed by atoms with E-state index in [1.807, 2.05) is 13.8 Å². The lowest BCUT2D eigenvalue weighted by Gasteiger charge is -2.13. The molecule has 0 fully saturated rings. The molecule has 7 heteroatoms. The standard InChI is InChI=1S/C19H20ClFN2O3/c1-12(2)10-22-19(25)14-5-3-4-6-17(14)23-18(24)11-26-13-7-8-16(21)15(20)9-13/h3-9,12H,10-11H2,1-2H3,(H,22,25)(H,23,24). The molecule has 138 valence electrons. The summed E-state index contributed by atoms with van der Waals surface area (Å²) in [6, 6.07) is 10.5. The molecule has 0 spiro atoms. The molecule has 0 saturated carbocycles. The monoisotopic (exact) mass is 378 g/mol. The highest BCUT2D eigenvalue weighted by molar-refractivity contribution is 6.30. The SMILES string of the molecule is CC(C)CNC(=O)c1ccccc1NC(=O)COc1ccc(F)c(Cl)c1. The first-order valence-corrected chi connectivity index (χ1v) is 8.49. The van der Waals surface area contributed by atoms with Gasteiger partial charge in [-0.3, -0.25) is 9.59 Å². The van der Waals surface area contributed by atoms with Crippen LogP contribution in [-0.4, -0.2) is 25.0 Å². The summed E-state index contributed by atoms with van der Waals surface area (Å²) >= 11 is 5.67. The number of ether oxygens (including phenoxy) is 1. The van der Waals surface area contributed by atoms with E-state index in [0.717, 1.165) is 6.07 Å². The van der Waals surface area contributed by atoms with Crippen molar-refractivity contribution >= 4 is 29.1 Å². The zero-order chi connectivity index (χ0) is 19.1. The van der Waals surface area contributed by atoms with E-state index in [4.69, 9.17) is 16.3 Å². The zero-order valence-corrected chi connectivity index (χ0v) is 15.3. The Morgan fingerprint density at radius 1 is 1.19 bits per heavy atom. The van der Waals surface area contributed by atoms with E-state index < -0.39 is 11.7 Å². The van der Waals surface area contributed by atoms with Gasteiger partial charge in [-0.25, -0.2) is 4.39 Å². The van der Waals surface area contributed by atoms with Crippen molar-refractivity contribution in [2.75, 3.05) is 18.5 Å². The zero-order valence-electron chi connectivity index (χ0n) is 14.5. The molecular weight excluding hydrogens is 359 g/mol. The molecule has 2 aromatic carbocycles. The second kappa shape index (κ2) is 9.20. The number of carbonyl (C=O) groups is 2. The molecule has 0 bridgehead atoms. The van der Waals surface area contributed by atoms with Crippen molar-refractivity contribution in [1.82, 2.24) is 5.32 Å². The highest BCUT2D eigenvalue weighted by Crippen LogP contribution is 2.21. The van der Waals surface area contributed by atoms with Crippen molar-refractivity contribution in [3.63, 3.8) is 0 Å². The molecule has 0 aromatic heterocycles. The van der Waals surface area contributed by atoms with Gasteiger partial charge in [-0.05, 0) is 30.2 Å². The van der Waals surface area contributed by atoms with Crippen LogP contribution in [-0.2, 0) is 4.79 Å². The number of amides is 2. The Hall–Kier alpha value is -2.60. The third-order valence-electron chi connectivity index (χ3n) is 3.38. The van der Waals surface area contributed by atoms with Crippen molar-refractivity contribution in [1.29, 1.82) is 0 Å². The quantitative estimate of drug-likeness (QED) is 0.768. The molecule has 0 aliphatic carbocycles. The number of benzene rings is 2. The molecule has 26 heavy (non-hydrogen) atoms. The lowest BCUT2D eigenvalue weighted by molar-refractivity contribution is -0.118. The first kappa shape index (κ1) is 19.7. The minimum Gasteiger partial charge on any atom is -0.484 e. The Labute approximate surface area is 156 Å². The van der Waals surface area contributed by atoms with Crippen molar-refractivity contribution in [2.45, 2.75) is 13.8 Å². The maximum atomic E-state index is 13.1. The summed E-state index contributed by atoms with van der Waals surface area (Å²) in [6.45, 7) is 4.22. The minimum absolute atomic E-state index is 0.0879. The van der Waals surface area contributed by atoms with E-state index >= 15 is 0 Å². The summed E-state index contributed by atoms with van der Waals surface area (Å²) < 4.78 is 18.4. The van der Waals surface area contributed by atoms with E-state index in [1.165, 1.54) is 12.1 Å². The molecule has 0 aliphatic rings. The fourth-order valence-corrected chi connectivity index (χ4v) is 2.25. The summed E-state index contributed by atoms with van der Waals surface area (Å²) in [7, 11) is 0. The fraction of sp³-hybridized carbons (Fsp3) is 0.263. The van der Waals surface area contributed by atoms with Crippen LogP contribution in [0.5, 0.6) is 5.75 Å². The lowest BCUT2D eigenvalue weighted by atomic mass is 10.1. The molecule has 2 amide bonds. The number of anilines is 1. The number of rotatable bonds is 7. The van der Waals surface area contributed by atoms with Gasteiger partial charge in [-0.2, -0.15) is 0 Å².